The molecule has 0 aromatic carbocycles. The van der Waals surface area contributed by atoms with Gasteiger partial charge in [-0.1, -0.05) is 6.92 Å². The van der Waals surface area contributed by atoms with Gasteiger partial charge in [-0.25, -0.2) is 0 Å². The van der Waals surface area contributed by atoms with Crippen LogP contribution in [0, 0.1) is 18.3 Å². The fraction of sp³-hybridized carbons (Fsp3) is 0.625. The van der Waals surface area contributed by atoms with E-state index in [2.05, 4.69) is 11.9 Å². The number of pyridine rings is 1. The van der Waals surface area contributed by atoms with Crippen molar-refractivity contribution in [3.8, 4) is 5.75 Å². The summed E-state index contributed by atoms with van der Waals surface area (Å²) >= 11 is 0. The maximum atomic E-state index is 11.8. The van der Waals surface area contributed by atoms with Crippen molar-refractivity contribution in [1.29, 1.82) is 0 Å². The van der Waals surface area contributed by atoms with Crippen molar-refractivity contribution in [2.24, 2.45) is 11.3 Å². The van der Waals surface area contributed by atoms with Crippen LogP contribution in [0.2, 0.25) is 0 Å². The van der Waals surface area contributed by atoms with Gasteiger partial charge in [0.25, 0.3) is 0 Å². The largest absolute Gasteiger partial charge is 0.497 e. The number of aliphatic carboxylic acids is 1. The molecular weight excluding hydrogens is 254 g/mol. The van der Waals surface area contributed by atoms with E-state index in [-0.39, 0.29) is 0 Å². The van der Waals surface area contributed by atoms with Crippen LogP contribution in [0.4, 0.5) is 0 Å². The molecule has 0 unspecified atom stereocenters. The number of carboxylic acid groups (broad SMARTS) is 1. The Bertz CT molecular complexity index is 490. The molecule has 2 rings (SSSR count). The van der Waals surface area contributed by atoms with Crippen LogP contribution in [0.15, 0.2) is 12.1 Å². The van der Waals surface area contributed by atoms with E-state index in [4.69, 9.17) is 4.74 Å². The molecule has 0 amide bonds. The first-order valence-electron chi connectivity index (χ1n) is 7.20. The molecule has 0 atom stereocenters. The van der Waals surface area contributed by atoms with E-state index < -0.39 is 11.4 Å². The highest BCUT2D eigenvalue weighted by Gasteiger charge is 2.41. The summed E-state index contributed by atoms with van der Waals surface area (Å²) < 4.78 is 5.25. The van der Waals surface area contributed by atoms with Crippen LogP contribution in [0.3, 0.4) is 0 Å². The molecule has 4 nitrogen and oxygen atoms in total. The highest BCUT2D eigenvalue weighted by Crippen LogP contribution is 2.41. The van der Waals surface area contributed by atoms with Crippen LogP contribution < -0.4 is 4.74 Å². The van der Waals surface area contributed by atoms with Crippen LogP contribution in [0.5, 0.6) is 5.75 Å². The van der Waals surface area contributed by atoms with Crippen molar-refractivity contribution in [2.45, 2.75) is 46.0 Å². The van der Waals surface area contributed by atoms with Crippen molar-refractivity contribution in [2.75, 3.05) is 7.11 Å². The van der Waals surface area contributed by atoms with E-state index in [1.807, 2.05) is 19.1 Å². The lowest BCUT2D eigenvalue weighted by Gasteiger charge is -2.35. The van der Waals surface area contributed by atoms with Crippen molar-refractivity contribution >= 4 is 5.97 Å². The molecule has 1 saturated carbocycles. The molecule has 0 bridgehead atoms. The average Bonchev–Trinajstić information content (AvgIpc) is 2.40. The molecule has 1 aromatic rings. The van der Waals surface area contributed by atoms with Gasteiger partial charge in [-0.05, 0) is 38.5 Å². The fourth-order valence-electron chi connectivity index (χ4n) is 3.04. The summed E-state index contributed by atoms with van der Waals surface area (Å²) in [6, 6.07) is 3.72. The number of hydrogen-bond acceptors (Lipinski definition) is 3. The Hall–Kier alpha value is -1.58. The molecule has 1 aliphatic rings. The van der Waals surface area contributed by atoms with Gasteiger partial charge in [-0.15, -0.1) is 0 Å². The van der Waals surface area contributed by atoms with E-state index in [1.54, 1.807) is 7.11 Å². The third-order valence-corrected chi connectivity index (χ3v) is 4.42. The van der Waals surface area contributed by atoms with Gasteiger partial charge >= 0.3 is 5.97 Å². The van der Waals surface area contributed by atoms with Gasteiger partial charge in [0.1, 0.15) is 5.75 Å². The highest BCUT2D eigenvalue weighted by molar-refractivity contribution is 5.75. The number of methoxy groups -OCH3 is 1. The maximum absolute atomic E-state index is 11.8. The standard InChI is InChI=1S/C16H23NO3/c1-11-4-6-16(7-5-11,15(18)19)10-13-9-14(20-3)8-12(2)17-13/h8-9,11H,4-7,10H2,1-3H3,(H,18,19). The van der Waals surface area contributed by atoms with Crippen molar-refractivity contribution < 1.29 is 14.6 Å². The first-order valence-corrected chi connectivity index (χ1v) is 7.20. The monoisotopic (exact) mass is 277 g/mol. The van der Waals surface area contributed by atoms with Crippen LogP contribution in [0.1, 0.15) is 44.0 Å². The fourth-order valence-corrected chi connectivity index (χ4v) is 3.04. The van der Waals surface area contributed by atoms with Gasteiger partial charge < -0.3 is 9.84 Å². The molecule has 110 valence electrons. The van der Waals surface area contributed by atoms with Gasteiger partial charge in [-0.3, -0.25) is 9.78 Å². The predicted molar refractivity (Wildman–Crippen MR) is 76.9 cm³/mol. The van der Waals surface area contributed by atoms with E-state index in [0.717, 1.165) is 42.8 Å². The summed E-state index contributed by atoms with van der Waals surface area (Å²) in [4.78, 5) is 16.2. The minimum absolute atomic E-state index is 0.493. The molecule has 0 saturated heterocycles. The lowest BCUT2D eigenvalue weighted by atomic mass is 9.68. The molecule has 0 spiro atoms. The zero-order valence-electron chi connectivity index (χ0n) is 12.5. The maximum Gasteiger partial charge on any atom is 0.310 e. The number of aromatic nitrogens is 1. The summed E-state index contributed by atoms with van der Waals surface area (Å²) in [5.41, 5.74) is 1.03. The van der Waals surface area contributed by atoms with Crippen LogP contribution in [0.25, 0.3) is 0 Å². The number of aryl methyl sites for hydroxylation is 1. The minimum atomic E-state index is -0.688. The molecule has 20 heavy (non-hydrogen) atoms. The van der Waals surface area contributed by atoms with Crippen LogP contribution in [-0.4, -0.2) is 23.2 Å². The molecule has 1 aromatic heterocycles. The van der Waals surface area contributed by atoms with Crippen molar-refractivity contribution in [3.63, 3.8) is 0 Å². The summed E-state index contributed by atoms with van der Waals surface area (Å²) in [5.74, 6) is 0.686. The summed E-state index contributed by atoms with van der Waals surface area (Å²) in [5, 5.41) is 9.67. The number of hydrogen-bond donors (Lipinski definition) is 1. The second-order valence-corrected chi connectivity index (χ2v) is 6.08. The van der Waals surface area contributed by atoms with Crippen LogP contribution in [-0.2, 0) is 11.2 Å². The van der Waals surface area contributed by atoms with Gasteiger partial charge in [0.15, 0.2) is 0 Å². The lowest BCUT2D eigenvalue weighted by Crippen LogP contribution is -2.37. The molecular formula is C16H23NO3. The van der Waals surface area contributed by atoms with E-state index in [9.17, 15) is 9.90 Å². The van der Waals surface area contributed by atoms with E-state index in [0.29, 0.717) is 12.3 Å². The third kappa shape index (κ3) is 3.11. The van der Waals surface area contributed by atoms with Crippen molar-refractivity contribution in [1.82, 2.24) is 4.98 Å². The average molecular weight is 277 g/mol. The topological polar surface area (TPSA) is 59.4 Å². The molecule has 0 radical (unpaired) electrons. The predicted octanol–water partition coefficient (Wildman–Crippen LogP) is 3.22. The van der Waals surface area contributed by atoms with Gasteiger partial charge in [0.05, 0.1) is 12.5 Å². The Kier molecular flexibility index (Phi) is 4.31. The van der Waals surface area contributed by atoms with E-state index in [1.165, 1.54) is 0 Å². The highest BCUT2D eigenvalue weighted by atomic mass is 16.5. The summed E-state index contributed by atoms with van der Waals surface area (Å²) in [6.45, 7) is 4.10. The second-order valence-electron chi connectivity index (χ2n) is 6.08. The normalized spacial score (nSPS) is 26.2. The summed E-state index contributed by atoms with van der Waals surface area (Å²) in [7, 11) is 1.62. The number of rotatable bonds is 4. The minimum Gasteiger partial charge on any atom is -0.497 e. The Morgan fingerprint density at radius 3 is 2.65 bits per heavy atom. The number of carboxylic acids is 1. The van der Waals surface area contributed by atoms with Gasteiger partial charge in [0.2, 0.25) is 0 Å². The zero-order chi connectivity index (χ0) is 14.8. The lowest BCUT2D eigenvalue weighted by molar-refractivity contribution is -0.151. The number of carbonyl (C=O) groups is 1. The Balaban J connectivity index is 2.24. The quantitative estimate of drug-likeness (QED) is 0.918. The number of ether oxygens (including phenoxy) is 1. The molecule has 0 aliphatic heterocycles. The van der Waals surface area contributed by atoms with Crippen molar-refractivity contribution in [3.05, 3.63) is 23.5 Å². The molecule has 1 N–H and O–H groups in total. The van der Waals surface area contributed by atoms with Gasteiger partial charge in [-0.2, -0.15) is 0 Å². The smallest absolute Gasteiger partial charge is 0.310 e. The SMILES string of the molecule is COc1cc(C)nc(CC2(C(=O)O)CCC(C)CC2)c1. The van der Waals surface area contributed by atoms with E-state index >= 15 is 0 Å². The summed E-state index contributed by atoms with van der Waals surface area (Å²) in [6.07, 6.45) is 3.93. The molecule has 1 fully saturated rings. The van der Waals surface area contributed by atoms with Gasteiger partial charge in [0, 0.05) is 29.9 Å². The Labute approximate surface area is 120 Å². The Morgan fingerprint density at radius 2 is 2.10 bits per heavy atom. The third-order valence-electron chi connectivity index (χ3n) is 4.42. The first kappa shape index (κ1) is 14.8. The Morgan fingerprint density at radius 1 is 1.45 bits per heavy atom. The first-order chi connectivity index (χ1) is 9.45. The molecule has 1 heterocycles. The second kappa shape index (κ2) is 5.81. The van der Waals surface area contributed by atoms with Crippen LogP contribution >= 0.6 is 0 Å². The number of nitrogens with zero attached hydrogens (tertiary/aromatic N) is 1. The molecule has 1 aliphatic carbocycles. The zero-order valence-corrected chi connectivity index (χ0v) is 12.5. The molecule has 4 heteroatoms.